The number of nitrogens with one attached hydrogen (secondary N) is 1. The third kappa shape index (κ3) is 6.17. The quantitative estimate of drug-likeness (QED) is 0.585. The second kappa shape index (κ2) is 10.1. The molecule has 1 amide bonds. The number of carbonyl (C=O) groups is 2. The normalized spacial score (nSPS) is 22.9. The Hall–Kier alpha value is -0.940. The van der Waals surface area contributed by atoms with Gasteiger partial charge in [-0.25, -0.2) is 0 Å². The maximum Gasteiger partial charge on any atom is 0.226 e. The van der Waals surface area contributed by atoms with E-state index in [1.165, 1.54) is 32.1 Å². The van der Waals surface area contributed by atoms with Crippen LogP contribution >= 0.6 is 0 Å². The summed E-state index contributed by atoms with van der Waals surface area (Å²) in [5, 5.41) is 2.86. The molecule has 5 nitrogen and oxygen atoms in total. The van der Waals surface area contributed by atoms with Crippen LogP contribution in [0.1, 0.15) is 84.0 Å². The molecular weight excluding hydrogens is 306 g/mol. The standard InChI is InChI=1S/C19H33NO4/c1-2-3-4-5-6-7-8-12-19(23-13-14-24-19)15-18(22)20-16-10-9-11-17(16)21/h16H,2-15H2,1H3,(H,20,22). The van der Waals surface area contributed by atoms with E-state index in [0.29, 0.717) is 19.6 Å². The molecule has 2 rings (SSSR count). The highest BCUT2D eigenvalue weighted by Crippen LogP contribution is 2.30. The number of ether oxygens (including phenoxy) is 2. The number of ketones is 1. The first-order valence-corrected chi connectivity index (χ1v) is 9.75. The van der Waals surface area contributed by atoms with E-state index in [4.69, 9.17) is 9.47 Å². The molecule has 0 aromatic heterocycles. The summed E-state index contributed by atoms with van der Waals surface area (Å²) in [6.45, 7) is 3.32. The number of carbonyl (C=O) groups excluding carboxylic acids is 2. The van der Waals surface area contributed by atoms with Gasteiger partial charge in [0.2, 0.25) is 5.91 Å². The molecule has 138 valence electrons. The van der Waals surface area contributed by atoms with Gasteiger partial charge in [0.05, 0.1) is 25.7 Å². The minimum absolute atomic E-state index is 0.125. The van der Waals surface area contributed by atoms with E-state index >= 15 is 0 Å². The Kier molecular flexibility index (Phi) is 8.19. The summed E-state index contributed by atoms with van der Waals surface area (Å²) < 4.78 is 11.6. The van der Waals surface area contributed by atoms with Crippen LogP contribution in [0.25, 0.3) is 0 Å². The molecule has 5 heteroatoms. The average Bonchev–Trinajstić information content (AvgIpc) is 3.17. The van der Waals surface area contributed by atoms with Gasteiger partial charge in [0.25, 0.3) is 0 Å². The number of unbranched alkanes of at least 4 members (excludes halogenated alkanes) is 6. The van der Waals surface area contributed by atoms with Crippen LogP contribution in [0.5, 0.6) is 0 Å². The van der Waals surface area contributed by atoms with Gasteiger partial charge in [-0.15, -0.1) is 0 Å². The lowest BCUT2D eigenvalue weighted by atomic mass is 10.0. The first-order chi connectivity index (χ1) is 11.7. The number of hydrogen-bond donors (Lipinski definition) is 1. The third-order valence-electron chi connectivity index (χ3n) is 5.04. The maximum atomic E-state index is 12.3. The molecule has 2 fully saturated rings. The van der Waals surface area contributed by atoms with Crippen LogP contribution < -0.4 is 5.32 Å². The molecule has 1 N–H and O–H groups in total. The smallest absolute Gasteiger partial charge is 0.226 e. The van der Waals surface area contributed by atoms with Crippen molar-refractivity contribution in [2.24, 2.45) is 0 Å². The molecule has 0 spiro atoms. The zero-order valence-electron chi connectivity index (χ0n) is 15.1. The van der Waals surface area contributed by atoms with Gasteiger partial charge in [0.15, 0.2) is 11.6 Å². The molecule has 1 heterocycles. The molecule has 0 aromatic rings. The molecule has 1 saturated heterocycles. The molecule has 1 aliphatic carbocycles. The molecule has 1 atom stereocenters. The van der Waals surface area contributed by atoms with Gasteiger partial charge in [0.1, 0.15) is 0 Å². The van der Waals surface area contributed by atoms with Crippen molar-refractivity contribution < 1.29 is 19.1 Å². The maximum absolute atomic E-state index is 12.3. The Morgan fingerprint density at radius 1 is 1.12 bits per heavy atom. The van der Waals surface area contributed by atoms with Crippen LogP contribution in [0, 0.1) is 0 Å². The van der Waals surface area contributed by atoms with E-state index in [-0.39, 0.29) is 24.2 Å². The number of hydrogen-bond acceptors (Lipinski definition) is 4. The summed E-state index contributed by atoms with van der Waals surface area (Å²) in [5.74, 6) is -0.743. The van der Waals surface area contributed by atoms with Crippen molar-refractivity contribution in [2.75, 3.05) is 13.2 Å². The average molecular weight is 339 g/mol. The Bertz CT molecular complexity index is 404. The summed E-state index contributed by atoms with van der Waals surface area (Å²) in [6.07, 6.45) is 11.8. The second-order valence-electron chi connectivity index (χ2n) is 7.13. The van der Waals surface area contributed by atoms with E-state index in [0.717, 1.165) is 32.1 Å². The number of amides is 1. The summed E-state index contributed by atoms with van der Waals surface area (Å²) in [6, 6.07) is -0.297. The summed E-state index contributed by atoms with van der Waals surface area (Å²) in [4.78, 5) is 24.0. The van der Waals surface area contributed by atoms with Gasteiger partial charge in [-0.05, 0) is 19.3 Å². The van der Waals surface area contributed by atoms with Gasteiger partial charge in [-0.3, -0.25) is 9.59 Å². The van der Waals surface area contributed by atoms with Crippen molar-refractivity contribution in [3.8, 4) is 0 Å². The molecule has 1 unspecified atom stereocenters. The fraction of sp³-hybridized carbons (Fsp3) is 0.895. The molecular formula is C19H33NO4. The molecule has 0 bridgehead atoms. The largest absolute Gasteiger partial charge is 0.347 e. The second-order valence-corrected chi connectivity index (χ2v) is 7.13. The zero-order chi connectivity index (χ0) is 17.3. The predicted octanol–water partition coefficient (Wildman–Crippen LogP) is 3.50. The van der Waals surface area contributed by atoms with Gasteiger partial charge in [0, 0.05) is 12.8 Å². The minimum atomic E-state index is -0.769. The van der Waals surface area contributed by atoms with E-state index in [2.05, 4.69) is 12.2 Å². The van der Waals surface area contributed by atoms with Crippen LogP contribution in [0.4, 0.5) is 0 Å². The summed E-state index contributed by atoms with van der Waals surface area (Å²) >= 11 is 0. The van der Waals surface area contributed by atoms with Crippen molar-refractivity contribution in [1.29, 1.82) is 0 Å². The molecule has 0 aromatic carbocycles. The fourth-order valence-electron chi connectivity index (χ4n) is 3.64. The van der Waals surface area contributed by atoms with Gasteiger partial charge in [-0.2, -0.15) is 0 Å². The Balaban J connectivity index is 1.69. The lowest BCUT2D eigenvalue weighted by Gasteiger charge is -2.27. The molecule has 24 heavy (non-hydrogen) atoms. The van der Waals surface area contributed by atoms with Crippen LogP contribution in [-0.2, 0) is 19.1 Å². The van der Waals surface area contributed by atoms with Crippen molar-refractivity contribution in [1.82, 2.24) is 5.32 Å². The zero-order valence-corrected chi connectivity index (χ0v) is 15.1. The predicted molar refractivity (Wildman–Crippen MR) is 92.7 cm³/mol. The monoisotopic (exact) mass is 339 g/mol. The Labute approximate surface area is 145 Å². The van der Waals surface area contributed by atoms with Crippen LogP contribution in [0.3, 0.4) is 0 Å². The van der Waals surface area contributed by atoms with E-state index in [1.54, 1.807) is 0 Å². The van der Waals surface area contributed by atoms with Gasteiger partial charge in [-0.1, -0.05) is 45.4 Å². The molecule has 1 saturated carbocycles. The Morgan fingerprint density at radius 3 is 2.42 bits per heavy atom. The van der Waals surface area contributed by atoms with Crippen LogP contribution in [0.2, 0.25) is 0 Å². The topological polar surface area (TPSA) is 64.6 Å². The van der Waals surface area contributed by atoms with Crippen LogP contribution in [0.15, 0.2) is 0 Å². The highest BCUT2D eigenvalue weighted by atomic mass is 16.7. The van der Waals surface area contributed by atoms with Gasteiger partial charge < -0.3 is 14.8 Å². The highest BCUT2D eigenvalue weighted by molar-refractivity contribution is 5.90. The van der Waals surface area contributed by atoms with Crippen LogP contribution in [-0.4, -0.2) is 36.7 Å². The number of Topliss-reactive ketones (excluding diaryl/α,β-unsaturated/α-hetero) is 1. The fourth-order valence-corrected chi connectivity index (χ4v) is 3.64. The summed E-state index contributed by atoms with van der Waals surface area (Å²) in [7, 11) is 0. The van der Waals surface area contributed by atoms with E-state index in [1.807, 2.05) is 0 Å². The minimum Gasteiger partial charge on any atom is -0.347 e. The van der Waals surface area contributed by atoms with E-state index < -0.39 is 5.79 Å². The molecule has 2 aliphatic rings. The van der Waals surface area contributed by atoms with Crippen molar-refractivity contribution in [2.45, 2.75) is 95.8 Å². The van der Waals surface area contributed by atoms with Crippen molar-refractivity contribution in [3.63, 3.8) is 0 Å². The molecule has 1 aliphatic heterocycles. The highest BCUT2D eigenvalue weighted by Gasteiger charge is 2.39. The van der Waals surface area contributed by atoms with Gasteiger partial charge >= 0.3 is 0 Å². The van der Waals surface area contributed by atoms with E-state index in [9.17, 15) is 9.59 Å². The third-order valence-corrected chi connectivity index (χ3v) is 5.04. The van der Waals surface area contributed by atoms with Crippen molar-refractivity contribution in [3.05, 3.63) is 0 Å². The van der Waals surface area contributed by atoms with Crippen molar-refractivity contribution >= 4 is 11.7 Å². The lowest BCUT2D eigenvalue weighted by Crippen LogP contribution is -2.43. The molecule has 0 radical (unpaired) electrons. The first kappa shape index (κ1) is 19.4. The number of rotatable bonds is 11. The first-order valence-electron chi connectivity index (χ1n) is 9.75. The SMILES string of the molecule is CCCCCCCCCC1(CC(=O)NC2CCCC2=O)OCCO1. The Morgan fingerprint density at radius 2 is 1.79 bits per heavy atom. The lowest BCUT2D eigenvalue weighted by molar-refractivity contribution is -0.174. The summed E-state index contributed by atoms with van der Waals surface area (Å²) in [5.41, 5.74) is 0.